The molecule has 8 nitrogen and oxygen atoms in total. The lowest BCUT2D eigenvalue weighted by molar-refractivity contribution is -0.134. The molecule has 1 aromatic carbocycles. The lowest BCUT2D eigenvalue weighted by Crippen LogP contribution is -2.48. The van der Waals surface area contributed by atoms with Gasteiger partial charge in [0.15, 0.2) is 5.78 Å². The predicted octanol–water partition coefficient (Wildman–Crippen LogP) is 3.00. The number of morpholine rings is 1. The molecule has 0 aliphatic carbocycles. The van der Waals surface area contributed by atoms with Crippen LogP contribution in [0.4, 0.5) is 11.4 Å². The van der Waals surface area contributed by atoms with Crippen LogP contribution in [0.1, 0.15) is 39.5 Å². The van der Waals surface area contributed by atoms with Gasteiger partial charge in [0.05, 0.1) is 23.6 Å². The van der Waals surface area contributed by atoms with Crippen LogP contribution in [0.15, 0.2) is 35.7 Å². The number of ketones is 1. The Labute approximate surface area is 208 Å². The molecule has 4 rings (SSSR count). The Morgan fingerprint density at radius 3 is 2.11 bits per heavy atom. The van der Waals surface area contributed by atoms with Gasteiger partial charge in [0.2, 0.25) is 5.91 Å². The summed E-state index contributed by atoms with van der Waals surface area (Å²) in [6.45, 7) is 8.72. The van der Waals surface area contributed by atoms with Crippen molar-refractivity contribution in [2.75, 3.05) is 56.6 Å². The van der Waals surface area contributed by atoms with Gasteiger partial charge in [-0.2, -0.15) is 5.26 Å². The van der Waals surface area contributed by atoms with Gasteiger partial charge in [-0.15, -0.1) is 0 Å². The van der Waals surface area contributed by atoms with Crippen LogP contribution in [0, 0.1) is 17.2 Å². The number of anilines is 2. The summed E-state index contributed by atoms with van der Waals surface area (Å²) in [7, 11) is 3.71. The first kappa shape index (κ1) is 25.2. The summed E-state index contributed by atoms with van der Waals surface area (Å²) in [6.07, 6.45) is 2.70. The van der Waals surface area contributed by atoms with Crippen molar-refractivity contribution in [2.24, 2.45) is 5.92 Å². The number of Topliss-reactive ketones (excluding diaryl/α,β-unsaturated/α-hetero) is 1. The van der Waals surface area contributed by atoms with E-state index in [0.717, 1.165) is 56.9 Å². The SMILES string of the molecule is CC1CN(CC2CCN(C(=O)CCC(=O)C(C#N)=C3N(C)c4ccccc4N3C)CC2)CC(C)O1. The molecule has 1 amide bonds. The summed E-state index contributed by atoms with van der Waals surface area (Å²) in [5.74, 6) is 0.874. The molecule has 0 N–H and O–H groups in total. The minimum atomic E-state index is -0.284. The van der Waals surface area contributed by atoms with E-state index >= 15 is 0 Å². The number of fused-ring (bicyclic) bond motifs is 1. The van der Waals surface area contributed by atoms with Crippen molar-refractivity contribution in [3.05, 3.63) is 35.7 Å². The fourth-order valence-corrected chi connectivity index (χ4v) is 5.72. The van der Waals surface area contributed by atoms with E-state index in [2.05, 4.69) is 24.8 Å². The molecule has 0 aromatic heterocycles. The molecular formula is C27H37N5O3. The van der Waals surface area contributed by atoms with Crippen molar-refractivity contribution >= 4 is 23.1 Å². The average Bonchev–Trinajstić information content (AvgIpc) is 3.08. The van der Waals surface area contributed by atoms with E-state index in [9.17, 15) is 14.9 Å². The lowest BCUT2D eigenvalue weighted by Gasteiger charge is -2.39. The molecule has 0 saturated carbocycles. The number of allylic oxidation sites excluding steroid dienone is 1. The Morgan fingerprint density at radius 2 is 1.57 bits per heavy atom. The van der Waals surface area contributed by atoms with Gasteiger partial charge < -0.3 is 19.4 Å². The number of carbonyl (C=O) groups excluding carboxylic acids is 2. The number of nitrogens with zero attached hydrogens (tertiary/aromatic N) is 5. The van der Waals surface area contributed by atoms with Crippen molar-refractivity contribution in [2.45, 2.75) is 51.7 Å². The van der Waals surface area contributed by atoms with Gasteiger partial charge in [-0.25, -0.2) is 0 Å². The number of ether oxygens (including phenoxy) is 1. The maximum absolute atomic E-state index is 13.0. The average molecular weight is 480 g/mol. The number of likely N-dealkylation sites (tertiary alicyclic amines) is 1. The number of carbonyl (C=O) groups is 2. The number of rotatable bonds is 6. The molecule has 1 aromatic rings. The van der Waals surface area contributed by atoms with E-state index in [1.54, 1.807) is 0 Å². The molecule has 3 aliphatic rings. The molecule has 0 radical (unpaired) electrons. The Hall–Kier alpha value is -2.89. The van der Waals surface area contributed by atoms with Gasteiger partial charge in [-0.3, -0.25) is 14.5 Å². The molecule has 2 fully saturated rings. The summed E-state index contributed by atoms with van der Waals surface area (Å²) in [6, 6.07) is 9.90. The topological polar surface area (TPSA) is 80.1 Å². The Morgan fingerprint density at radius 1 is 1.00 bits per heavy atom. The van der Waals surface area contributed by atoms with Crippen LogP contribution in [-0.2, 0) is 14.3 Å². The minimum Gasteiger partial charge on any atom is -0.373 e. The molecule has 2 atom stereocenters. The van der Waals surface area contributed by atoms with Crippen LogP contribution in [0.5, 0.6) is 0 Å². The van der Waals surface area contributed by atoms with Crippen LogP contribution < -0.4 is 9.80 Å². The van der Waals surface area contributed by atoms with Crippen LogP contribution in [0.25, 0.3) is 0 Å². The summed E-state index contributed by atoms with van der Waals surface area (Å²) in [5, 5.41) is 9.79. The number of para-hydroxylation sites is 2. The first-order valence-electron chi connectivity index (χ1n) is 12.7. The van der Waals surface area contributed by atoms with Crippen molar-refractivity contribution < 1.29 is 14.3 Å². The van der Waals surface area contributed by atoms with Crippen molar-refractivity contribution in [1.82, 2.24) is 9.80 Å². The first-order valence-corrected chi connectivity index (χ1v) is 12.7. The van der Waals surface area contributed by atoms with Gasteiger partial charge in [-0.1, -0.05) is 12.1 Å². The number of hydrogen-bond acceptors (Lipinski definition) is 7. The van der Waals surface area contributed by atoms with Crippen molar-refractivity contribution in [1.29, 1.82) is 5.26 Å². The summed E-state index contributed by atoms with van der Waals surface area (Å²) < 4.78 is 5.84. The molecule has 3 heterocycles. The molecule has 0 bridgehead atoms. The van der Waals surface area contributed by atoms with Gasteiger partial charge in [0, 0.05) is 59.7 Å². The lowest BCUT2D eigenvalue weighted by atomic mass is 9.95. The third kappa shape index (κ3) is 5.52. The second-order valence-electron chi connectivity index (χ2n) is 10.1. The van der Waals surface area contributed by atoms with E-state index in [-0.39, 0.29) is 42.3 Å². The highest BCUT2D eigenvalue weighted by Gasteiger charge is 2.32. The monoisotopic (exact) mass is 479 g/mol. The third-order valence-electron chi connectivity index (χ3n) is 7.40. The number of hydrogen-bond donors (Lipinski definition) is 0. The zero-order chi connectivity index (χ0) is 25.1. The van der Waals surface area contributed by atoms with E-state index in [4.69, 9.17) is 4.74 Å². The number of amides is 1. The molecular weight excluding hydrogens is 442 g/mol. The second kappa shape index (κ2) is 10.8. The first-order chi connectivity index (χ1) is 16.8. The highest BCUT2D eigenvalue weighted by molar-refractivity contribution is 6.03. The van der Waals surface area contributed by atoms with Gasteiger partial charge in [0.25, 0.3) is 0 Å². The summed E-state index contributed by atoms with van der Waals surface area (Å²) >= 11 is 0. The fraction of sp³-hybridized carbons (Fsp3) is 0.593. The molecule has 8 heteroatoms. The van der Waals surface area contributed by atoms with E-state index < -0.39 is 0 Å². The van der Waals surface area contributed by atoms with Crippen molar-refractivity contribution in [3.8, 4) is 6.07 Å². The molecule has 2 saturated heterocycles. The molecule has 0 spiro atoms. The largest absolute Gasteiger partial charge is 0.373 e. The molecule has 35 heavy (non-hydrogen) atoms. The number of piperidine rings is 1. The normalized spacial score (nSPS) is 23.3. The van der Waals surface area contributed by atoms with E-state index in [1.165, 1.54) is 0 Å². The highest BCUT2D eigenvalue weighted by atomic mass is 16.5. The highest BCUT2D eigenvalue weighted by Crippen LogP contribution is 2.40. The molecule has 3 aliphatic heterocycles. The van der Waals surface area contributed by atoms with Crippen LogP contribution in [0.3, 0.4) is 0 Å². The van der Waals surface area contributed by atoms with E-state index in [1.807, 2.05) is 53.1 Å². The maximum Gasteiger partial charge on any atom is 0.223 e. The quantitative estimate of drug-likeness (QED) is 0.458. The number of nitriles is 1. The molecule has 2 unspecified atom stereocenters. The number of benzene rings is 1. The fourth-order valence-electron chi connectivity index (χ4n) is 5.72. The smallest absolute Gasteiger partial charge is 0.223 e. The van der Waals surface area contributed by atoms with Gasteiger partial charge in [0.1, 0.15) is 17.5 Å². The Kier molecular flexibility index (Phi) is 7.78. The van der Waals surface area contributed by atoms with Crippen LogP contribution in [0.2, 0.25) is 0 Å². The summed E-state index contributed by atoms with van der Waals surface area (Å²) in [4.78, 5) is 34.0. The Bertz CT molecular complexity index is 983. The maximum atomic E-state index is 13.0. The van der Waals surface area contributed by atoms with Gasteiger partial charge in [-0.05, 0) is 44.7 Å². The molecule has 188 valence electrons. The minimum absolute atomic E-state index is 0.00382. The second-order valence-corrected chi connectivity index (χ2v) is 10.1. The van der Waals surface area contributed by atoms with E-state index in [0.29, 0.717) is 11.7 Å². The standard InChI is InChI=1S/C27H37N5O3/c1-19-16-31(17-20(2)35-19)18-21-11-13-32(14-12-21)26(34)10-9-25(33)22(15-28)27-29(3)23-7-5-6-8-24(23)30(27)4/h5-8,19-21H,9-14,16-18H2,1-4H3. The predicted molar refractivity (Wildman–Crippen MR) is 136 cm³/mol. The van der Waals surface area contributed by atoms with Crippen LogP contribution >= 0.6 is 0 Å². The summed E-state index contributed by atoms with van der Waals surface area (Å²) in [5.41, 5.74) is 2.00. The third-order valence-corrected chi connectivity index (χ3v) is 7.40. The van der Waals surface area contributed by atoms with Crippen LogP contribution in [-0.4, -0.2) is 80.5 Å². The zero-order valence-electron chi connectivity index (χ0n) is 21.4. The van der Waals surface area contributed by atoms with Gasteiger partial charge >= 0.3 is 0 Å². The van der Waals surface area contributed by atoms with Crippen molar-refractivity contribution in [3.63, 3.8) is 0 Å². The Balaban J connectivity index is 1.28. The zero-order valence-corrected chi connectivity index (χ0v) is 21.4.